The number of fused-ring (bicyclic) bond motifs is 1. The molecule has 0 unspecified atom stereocenters. The first-order chi connectivity index (χ1) is 16.3. The number of nitrogens with one attached hydrogen (secondary N) is 1. The van der Waals surface area contributed by atoms with Gasteiger partial charge < -0.3 is 5.32 Å². The predicted molar refractivity (Wildman–Crippen MR) is 91.7 cm³/mol. The Morgan fingerprint density at radius 2 is 1.22 bits per heavy atom. The van der Waals surface area contributed by atoms with Crippen LogP contribution in [0.25, 0.3) is 0 Å². The molecule has 0 fully saturated rings. The lowest BCUT2D eigenvalue weighted by atomic mass is 9.91. The fourth-order valence-corrected chi connectivity index (χ4v) is 2.68. The summed E-state index contributed by atoms with van der Waals surface area (Å²) in [5, 5.41) is 1.87. The molecular weight excluding hydrogens is 564 g/mol. The number of allylic oxidation sites excluding steroid dienone is 2. The first-order valence-corrected chi connectivity index (χ1v) is 9.04. The maximum atomic E-state index is 14.0. The quantitative estimate of drug-likeness (QED) is 0.287. The Bertz CT molecular complexity index is 1110. The van der Waals surface area contributed by atoms with E-state index < -0.39 is 83.0 Å². The molecule has 1 aliphatic rings. The van der Waals surface area contributed by atoms with Gasteiger partial charge in [0.25, 0.3) is 0 Å². The van der Waals surface area contributed by atoms with Crippen molar-refractivity contribution in [3.63, 3.8) is 0 Å². The van der Waals surface area contributed by atoms with Crippen molar-refractivity contribution in [2.24, 2.45) is 4.99 Å². The van der Waals surface area contributed by atoms with E-state index in [2.05, 4.69) is 4.99 Å². The van der Waals surface area contributed by atoms with Crippen LogP contribution in [0, 0.1) is 0 Å². The summed E-state index contributed by atoms with van der Waals surface area (Å²) in [5.74, 6) is -43.1. The van der Waals surface area contributed by atoms with Crippen LogP contribution in [0.3, 0.4) is 0 Å². The Balaban J connectivity index is 2.56. The van der Waals surface area contributed by atoms with E-state index in [0.717, 1.165) is 24.3 Å². The largest absolute Gasteiger partial charge is 0.460 e. The molecule has 208 valence electrons. The summed E-state index contributed by atoms with van der Waals surface area (Å²) in [6.45, 7) is 0. The van der Waals surface area contributed by atoms with Crippen molar-refractivity contribution in [1.29, 1.82) is 0 Å². The molecule has 0 radical (unpaired) electrons. The summed E-state index contributed by atoms with van der Waals surface area (Å²) in [5.41, 5.74) is -4.24. The van der Waals surface area contributed by atoms with Crippen LogP contribution in [-0.2, 0) is 4.79 Å². The number of ketones is 1. The van der Waals surface area contributed by atoms with E-state index in [-0.39, 0.29) is 0 Å². The number of halogens is 16. The second-order valence-electron chi connectivity index (χ2n) is 7.28. The second-order valence-corrected chi connectivity index (χ2v) is 7.28. The minimum Gasteiger partial charge on any atom is -0.357 e. The van der Waals surface area contributed by atoms with Crippen LogP contribution in [-0.4, -0.2) is 53.5 Å². The first-order valence-electron chi connectivity index (χ1n) is 9.04. The van der Waals surface area contributed by atoms with E-state index in [9.17, 15) is 75.0 Å². The van der Waals surface area contributed by atoms with Crippen molar-refractivity contribution >= 4 is 22.9 Å². The molecule has 0 saturated carbocycles. The Morgan fingerprint density at radius 3 is 1.70 bits per heavy atom. The molecule has 1 aromatic rings. The van der Waals surface area contributed by atoms with Crippen LogP contribution in [0.1, 0.15) is 6.42 Å². The predicted octanol–water partition coefficient (Wildman–Crippen LogP) is 7.33. The minimum atomic E-state index is -8.23. The lowest BCUT2D eigenvalue weighted by Crippen LogP contribution is -2.71. The van der Waals surface area contributed by atoms with Crippen molar-refractivity contribution in [1.82, 2.24) is 0 Å². The molecule has 2 rings (SSSR count). The van der Waals surface area contributed by atoms with E-state index >= 15 is 0 Å². The smallest absolute Gasteiger partial charge is 0.357 e. The molecule has 37 heavy (non-hydrogen) atoms. The third kappa shape index (κ3) is 4.83. The van der Waals surface area contributed by atoms with Gasteiger partial charge in [-0.15, -0.1) is 0 Å². The Kier molecular flexibility index (Phi) is 7.17. The zero-order valence-corrected chi connectivity index (χ0v) is 17.0. The highest BCUT2D eigenvalue weighted by molar-refractivity contribution is 6.01. The minimum absolute atomic E-state index is 0.474. The highest BCUT2D eigenvalue weighted by Gasteiger charge is 2.91. The average molecular weight is 572 g/mol. The topological polar surface area (TPSA) is 41.5 Å². The SMILES string of the molecule is O=C(C=C1CC(C(F)(F)F)=Nc2ccccc2N1)C(F)(F)C(F)(F)C(F)(F)C(F)(F)C(F)(F)C(F)(F)F. The molecule has 0 saturated heterocycles. The number of anilines is 1. The van der Waals surface area contributed by atoms with Crippen LogP contribution in [0.5, 0.6) is 0 Å². The van der Waals surface area contributed by atoms with Gasteiger partial charge in [0.05, 0.1) is 11.4 Å². The normalized spacial score (nSPS) is 17.6. The monoisotopic (exact) mass is 572 g/mol. The van der Waals surface area contributed by atoms with E-state index in [1.165, 1.54) is 0 Å². The molecule has 3 nitrogen and oxygen atoms in total. The number of nitrogens with zero attached hydrogens (tertiary/aromatic N) is 1. The third-order valence-corrected chi connectivity index (χ3v) is 4.69. The Morgan fingerprint density at radius 1 is 0.730 bits per heavy atom. The zero-order valence-electron chi connectivity index (χ0n) is 17.0. The van der Waals surface area contributed by atoms with Crippen molar-refractivity contribution < 1.29 is 75.0 Å². The van der Waals surface area contributed by atoms with Gasteiger partial charge in [0.1, 0.15) is 5.71 Å². The number of hydrogen-bond donors (Lipinski definition) is 1. The number of hydrogen-bond acceptors (Lipinski definition) is 3. The molecule has 0 spiro atoms. The van der Waals surface area contributed by atoms with Crippen LogP contribution in [0.4, 0.5) is 81.6 Å². The molecule has 0 aromatic heterocycles. The van der Waals surface area contributed by atoms with Gasteiger partial charge in [0.15, 0.2) is 0 Å². The molecular formula is C18H8F16N2O. The van der Waals surface area contributed by atoms with Gasteiger partial charge in [0, 0.05) is 18.2 Å². The molecule has 1 aromatic carbocycles. The zero-order chi connectivity index (χ0) is 29.0. The maximum Gasteiger partial charge on any atom is 0.460 e. The van der Waals surface area contributed by atoms with Crippen molar-refractivity contribution in [3.8, 4) is 0 Å². The van der Waals surface area contributed by atoms with Crippen LogP contribution in [0.15, 0.2) is 41.0 Å². The summed E-state index contributed by atoms with van der Waals surface area (Å²) in [6.07, 6.45) is -15.5. The molecule has 19 heteroatoms. The van der Waals surface area contributed by atoms with Gasteiger partial charge >= 0.3 is 42.0 Å². The molecule has 0 amide bonds. The summed E-state index contributed by atoms with van der Waals surface area (Å²) >= 11 is 0. The van der Waals surface area contributed by atoms with Gasteiger partial charge in [-0.3, -0.25) is 4.79 Å². The van der Waals surface area contributed by atoms with E-state index in [4.69, 9.17) is 0 Å². The van der Waals surface area contributed by atoms with Crippen LogP contribution < -0.4 is 5.32 Å². The number of carbonyl (C=O) groups is 1. The number of aliphatic imine (C=N–C) groups is 1. The summed E-state index contributed by atoms with van der Waals surface area (Å²) < 4.78 is 211. The Labute approximate surface area is 193 Å². The molecule has 0 atom stereocenters. The van der Waals surface area contributed by atoms with Crippen LogP contribution in [0.2, 0.25) is 0 Å². The fourth-order valence-electron chi connectivity index (χ4n) is 2.68. The maximum absolute atomic E-state index is 14.0. The van der Waals surface area contributed by atoms with Gasteiger partial charge in [-0.25, -0.2) is 4.99 Å². The van der Waals surface area contributed by atoms with Crippen LogP contribution >= 0.6 is 0 Å². The lowest BCUT2D eigenvalue weighted by molar-refractivity contribution is -0.435. The summed E-state index contributed by atoms with van der Waals surface area (Å²) in [4.78, 5) is 14.9. The molecule has 1 heterocycles. The van der Waals surface area contributed by atoms with E-state index in [0.29, 0.717) is 0 Å². The highest BCUT2D eigenvalue weighted by atomic mass is 19.4. The number of carbonyl (C=O) groups excluding carboxylic acids is 1. The Hall–Kier alpha value is -3.02. The van der Waals surface area contributed by atoms with Crippen molar-refractivity contribution in [2.45, 2.75) is 48.4 Å². The van der Waals surface area contributed by atoms with E-state index in [1.54, 1.807) is 0 Å². The standard InChI is InChI=1S/C18H8F16N2O/c19-12(20,14(24,25)15(26,27)16(28,29)17(30,31)18(32,33)34)11(37)6-7-5-10(13(21,22)23)36-9-4-2-1-3-8(9)35-7/h1-4,6,35H,5H2. The molecule has 1 aliphatic heterocycles. The van der Waals surface area contributed by atoms with Gasteiger partial charge in [-0.1, -0.05) is 12.1 Å². The van der Waals surface area contributed by atoms with Gasteiger partial charge in [-0.05, 0) is 12.1 Å². The van der Waals surface area contributed by atoms with Gasteiger partial charge in [-0.2, -0.15) is 70.2 Å². The summed E-state index contributed by atoms with van der Waals surface area (Å²) in [7, 11) is 0. The number of alkyl halides is 16. The fraction of sp³-hybridized carbons (Fsp3) is 0.444. The number of rotatable bonds is 6. The molecule has 0 bridgehead atoms. The second kappa shape index (κ2) is 8.78. The average Bonchev–Trinajstić information content (AvgIpc) is 2.91. The van der Waals surface area contributed by atoms with Gasteiger partial charge in [0.2, 0.25) is 5.78 Å². The lowest BCUT2D eigenvalue weighted by Gasteiger charge is -2.39. The summed E-state index contributed by atoms with van der Waals surface area (Å²) in [6, 6.07) is 4.10. The number of benzene rings is 1. The third-order valence-electron chi connectivity index (χ3n) is 4.69. The molecule has 1 N–H and O–H groups in total. The number of para-hydroxylation sites is 2. The first kappa shape index (κ1) is 30.2. The molecule has 0 aliphatic carbocycles. The van der Waals surface area contributed by atoms with E-state index in [1.807, 2.05) is 5.32 Å². The van der Waals surface area contributed by atoms with Crippen molar-refractivity contribution in [2.75, 3.05) is 5.32 Å². The highest BCUT2D eigenvalue weighted by Crippen LogP contribution is 2.60. The van der Waals surface area contributed by atoms with Crippen molar-refractivity contribution in [3.05, 3.63) is 36.0 Å².